The fourth-order valence-corrected chi connectivity index (χ4v) is 1.73. The van der Waals surface area contributed by atoms with E-state index < -0.39 is 0 Å². The lowest BCUT2D eigenvalue weighted by Crippen LogP contribution is -2.23. The first-order valence-electron chi connectivity index (χ1n) is 6.55. The molecule has 0 atom stereocenters. The summed E-state index contributed by atoms with van der Waals surface area (Å²) in [5.41, 5.74) is 5.94. The molecule has 0 saturated carbocycles. The Morgan fingerprint density at radius 3 is 2.39 bits per heavy atom. The maximum Gasteiger partial charge on any atom is 0.161 e. The van der Waals surface area contributed by atoms with Crippen LogP contribution in [0, 0.1) is 5.41 Å². The molecule has 3 heteroatoms. The molecule has 1 aromatic rings. The van der Waals surface area contributed by atoms with Crippen molar-refractivity contribution in [3.63, 3.8) is 0 Å². The maximum absolute atomic E-state index is 5.72. The second-order valence-corrected chi connectivity index (χ2v) is 5.32. The fourth-order valence-electron chi connectivity index (χ4n) is 1.73. The van der Waals surface area contributed by atoms with Gasteiger partial charge in [0, 0.05) is 0 Å². The number of hydrogen-bond acceptors (Lipinski definition) is 3. The van der Waals surface area contributed by atoms with Gasteiger partial charge in [-0.25, -0.2) is 0 Å². The average molecular weight is 251 g/mol. The van der Waals surface area contributed by atoms with Crippen LogP contribution < -0.4 is 15.2 Å². The molecule has 0 aliphatic carbocycles. The van der Waals surface area contributed by atoms with Gasteiger partial charge in [-0.05, 0) is 43.4 Å². The quantitative estimate of drug-likeness (QED) is 0.721. The van der Waals surface area contributed by atoms with Crippen molar-refractivity contribution in [3.8, 4) is 11.5 Å². The van der Waals surface area contributed by atoms with Gasteiger partial charge in [0.05, 0.1) is 13.7 Å². The van der Waals surface area contributed by atoms with E-state index in [1.807, 2.05) is 24.3 Å². The normalized spacial score (nSPS) is 11.3. The van der Waals surface area contributed by atoms with Crippen LogP contribution in [-0.2, 0) is 0 Å². The van der Waals surface area contributed by atoms with Gasteiger partial charge in [-0.1, -0.05) is 26.0 Å². The first-order chi connectivity index (χ1) is 8.59. The molecule has 0 radical (unpaired) electrons. The standard InChI is InChI=1S/C15H25NO2/c1-15(2,12-16)10-6-7-11-18-14-9-5-4-8-13(14)17-3/h4-5,8-9H,6-7,10-12,16H2,1-3H3. The van der Waals surface area contributed by atoms with E-state index in [9.17, 15) is 0 Å². The summed E-state index contributed by atoms with van der Waals surface area (Å²) in [5, 5.41) is 0. The molecule has 0 spiro atoms. The number of para-hydroxylation sites is 2. The van der Waals surface area contributed by atoms with Gasteiger partial charge in [-0.15, -0.1) is 0 Å². The van der Waals surface area contributed by atoms with Crippen molar-refractivity contribution in [3.05, 3.63) is 24.3 Å². The number of hydrogen-bond donors (Lipinski definition) is 1. The monoisotopic (exact) mass is 251 g/mol. The van der Waals surface area contributed by atoms with Crippen molar-refractivity contribution in [1.82, 2.24) is 0 Å². The van der Waals surface area contributed by atoms with E-state index in [1.54, 1.807) is 7.11 Å². The van der Waals surface area contributed by atoms with Gasteiger partial charge >= 0.3 is 0 Å². The molecule has 0 aromatic heterocycles. The first-order valence-corrected chi connectivity index (χ1v) is 6.55. The van der Waals surface area contributed by atoms with E-state index >= 15 is 0 Å². The molecule has 0 bridgehead atoms. The second kappa shape index (κ2) is 7.27. The molecule has 0 aliphatic rings. The van der Waals surface area contributed by atoms with Crippen molar-refractivity contribution >= 4 is 0 Å². The predicted molar refractivity (Wildman–Crippen MR) is 75.2 cm³/mol. The van der Waals surface area contributed by atoms with Gasteiger partial charge < -0.3 is 15.2 Å². The molecule has 2 N–H and O–H groups in total. The van der Waals surface area contributed by atoms with Crippen LogP contribution in [0.5, 0.6) is 11.5 Å². The maximum atomic E-state index is 5.72. The largest absolute Gasteiger partial charge is 0.493 e. The van der Waals surface area contributed by atoms with Crippen LogP contribution in [0.2, 0.25) is 0 Å². The van der Waals surface area contributed by atoms with Crippen molar-refractivity contribution < 1.29 is 9.47 Å². The van der Waals surface area contributed by atoms with Gasteiger partial charge in [0.2, 0.25) is 0 Å². The smallest absolute Gasteiger partial charge is 0.161 e. The van der Waals surface area contributed by atoms with Gasteiger partial charge in [-0.2, -0.15) is 0 Å². The number of rotatable bonds is 8. The fraction of sp³-hybridized carbons (Fsp3) is 0.600. The third-order valence-corrected chi connectivity index (χ3v) is 3.13. The molecule has 1 rings (SSSR count). The summed E-state index contributed by atoms with van der Waals surface area (Å²) >= 11 is 0. The topological polar surface area (TPSA) is 44.5 Å². The zero-order valence-corrected chi connectivity index (χ0v) is 11.7. The Labute approximate surface area is 110 Å². The molecular weight excluding hydrogens is 226 g/mol. The summed E-state index contributed by atoms with van der Waals surface area (Å²) in [7, 11) is 1.66. The molecule has 0 aliphatic heterocycles. The lowest BCUT2D eigenvalue weighted by atomic mass is 9.87. The molecular formula is C15H25NO2. The highest BCUT2D eigenvalue weighted by Gasteiger charge is 2.14. The number of unbranched alkanes of at least 4 members (excludes halogenated alkanes) is 1. The molecule has 0 unspecified atom stereocenters. The second-order valence-electron chi connectivity index (χ2n) is 5.32. The van der Waals surface area contributed by atoms with Crippen LogP contribution in [0.25, 0.3) is 0 Å². The van der Waals surface area contributed by atoms with Gasteiger partial charge in [0.15, 0.2) is 11.5 Å². The molecule has 0 heterocycles. The van der Waals surface area contributed by atoms with Crippen LogP contribution in [0.3, 0.4) is 0 Å². The highest BCUT2D eigenvalue weighted by atomic mass is 16.5. The van der Waals surface area contributed by atoms with E-state index in [-0.39, 0.29) is 5.41 Å². The summed E-state index contributed by atoms with van der Waals surface area (Å²) in [6.45, 7) is 5.86. The van der Waals surface area contributed by atoms with Gasteiger partial charge in [0.25, 0.3) is 0 Å². The molecule has 102 valence electrons. The van der Waals surface area contributed by atoms with Crippen LogP contribution in [0.4, 0.5) is 0 Å². The van der Waals surface area contributed by atoms with Crippen molar-refractivity contribution in [2.75, 3.05) is 20.3 Å². The Morgan fingerprint density at radius 2 is 1.78 bits per heavy atom. The predicted octanol–water partition coefficient (Wildman–Crippen LogP) is 3.23. The summed E-state index contributed by atoms with van der Waals surface area (Å²) in [6, 6.07) is 7.74. The lowest BCUT2D eigenvalue weighted by Gasteiger charge is -2.21. The van der Waals surface area contributed by atoms with Crippen molar-refractivity contribution in [2.45, 2.75) is 33.1 Å². The van der Waals surface area contributed by atoms with E-state index in [2.05, 4.69) is 13.8 Å². The molecule has 3 nitrogen and oxygen atoms in total. The van der Waals surface area contributed by atoms with Crippen molar-refractivity contribution in [2.24, 2.45) is 11.1 Å². The summed E-state index contributed by atoms with van der Waals surface area (Å²) < 4.78 is 11.0. The number of nitrogens with two attached hydrogens (primary N) is 1. The van der Waals surface area contributed by atoms with E-state index in [1.165, 1.54) is 0 Å². The lowest BCUT2D eigenvalue weighted by molar-refractivity contribution is 0.267. The molecule has 18 heavy (non-hydrogen) atoms. The Bertz CT molecular complexity index is 350. The molecule has 0 fully saturated rings. The highest BCUT2D eigenvalue weighted by Crippen LogP contribution is 2.26. The third-order valence-electron chi connectivity index (χ3n) is 3.13. The summed E-state index contributed by atoms with van der Waals surface area (Å²) in [4.78, 5) is 0. The van der Waals surface area contributed by atoms with Crippen LogP contribution in [0.15, 0.2) is 24.3 Å². The first kappa shape index (κ1) is 14.8. The Morgan fingerprint density at radius 1 is 1.11 bits per heavy atom. The molecule has 1 aromatic carbocycles. The Balaban J connectivity index is 2.26. The van der Waals surface area contributed by atoms with Gasteiger partial charge in [-0.3, -0.25) is 0 Å². The minimum Gasteiger partial charge on any atom is -0.493 e. The van der Waals surface area contributed by atoms with Gasteiger partial charge in [0.1, 0.15) is 0 Å². The zero-order valence-electron chi connectivity index (χ0n) is 11.7. The number of ether oxygens (including phenoxy) is 2. The number of benzene rings is 1. The van der Waals surface area contributed by atoms with E-state index in [0.29, 0.717) is 0 Å². The highest BCUT2D eigenvalue weighted by molar-refractivity contribution is 5.39. The van der Waals surface area contributed by atoms with Crippen LogP contribution >= 0.6 is 0 Å². The SMILES string of the molecule is COc1ccccc1OCCCCC(C)(C)CN. The Hall–Kier alpha value is -1.22. The molecule has 0 saturated heterocycles. The number of methoxy groups -OCH3 is 1. The average Bonchev–Trinajstić information content (AvgIpc) is 2.38. The minimum atomic E-state index is 0.241. The van der Waals surface area contributed by atoms with E-state index in [0.717, 1.165) is 43.9 Å². The zero-order chi connectivity index (χ0) is 13.4. The third kappa shape index (κ3) is 4.96. The van der Waals surface area contributed by atoms with Crippen LogP contribution in [-0.4, -0.2) is 20.3 Å². The van der Waals surface area contributed by atoms with Crippen molar-refractivity contribution in [1.29, 1.82) is 0 Å². The molecule has 0 amide bonds. The van der Waals surface area contributed by atoms with E-state index in [4.69, 9.17) is 15.2 Å². The summed E-state index contributed by atoms with van der Waals surface area (Å²) in [6.07, 6.45) is 3.32. The minimum absolute atomic E-state index is 0.241. The Kier molecular flexibility index (Phi) is 5.99. The summed E-state index contributed by atoms with van der Waals surface area (Å²) in [5.74, 6) is 1.61. The van der Waals surface area contributed by atoms with Crippen LogP contribution in [0.1, 0.15) is 33.1 Å².